The lowest BCUT2D eigenvalue weighted by atomic mass is 10.0. The van der Waals surface area contributed by atoms with Crippen molar-refractivity contribution in [3.63, 3.8) is 0 Å². The fourth-order valence-corrected chi connectivity index (χ4v) is 3.27. The minimum absolute atomic E-state index is 0.369. The van der Waals surface area contributed by atoms with Crippen LogP contribution < -0.4 is 4.74 Å². The molecule has 0 saturated heterocycles. The van der Waals surface area contributed by atoms with Gasteiger partial charge in [-0.1, -0.05) is 47.5 Å². The number of allylic oxidation sites excluding steroid dienone is 1. The fourth-order valence-electron chi connectivity index (χ4n) is 2.52. The second-order valence-electron chi connectivity index (χ2n) is 5.78. The molecule has 27 heavy (non-hydrogen) atoms. The number of halogens is 3. The molecule has 3 rings (SSSR count). The van der Waals surface area contributed by atoms with Crippen LogP contribution in [0.3, 0.4) is 0 Å². The number of hydrogen-bond donors (Lipinski definition) is 0. The monoisotopic (exact) mass is 505 g/mol. The molecule has 0 fully saturated rings. The van der Waals surface area contributed by atoms with Crippen LogP contribution in [0.5, 0.6) is 5.75 Å². The maximum absolute atomic E-state index is 9.60. The molecule has 3 aromatic rings. The molecule has 0 aromatic heterocycles. The third-order valence-corrected chi connectivity index (χ3v) is 5.02. The van der Waals surface area contributed by atoms with Gasteiger partial charge in [0.05, 0.1) is 11.6 Å². The van der Waals surface area contributed by atoms with E-state index in [4.69, 9.17) is 27.9 Å². The molecule has 0 aliphatic carbocycles. The maximum atomic E-state index is 9.60. The molecule has 0 aliphatic heterocycles. The maximum Gasteiger partial charge on any atom is 0.127 e. The van der Waals surface area contributed by atoms with E-state index < -0.39 is 0 Å². The van der Waals surface area contributed by atoms with E-state index in [1.165, 1.54) is 0 Å². The molecular formula is C22H14Cl2INO. The van der Waals surface area contributed by atoms with E-state index in [9.17, 15) is 5.26 Å². The normalized spacial score (nSPS) is 11.1. The molecule has 0 bridgehead atoms. The summed E-state index contributed by atoms with van der Waals surface area (Å²) in [7, 11) is 0. The molecule has 0 aliphatic rings. The van der Waals surface area contributed by atoms with Gasteiger partial charge in [0.2, 0.25) is 0 Å². The van der Waals surface area contributed by atoms with E-state index in [1.807, 2.05) is 54.6 Å². The van der Waals surface area contributed by atoms with E-state index in [0.717, 1.165) is 20.3 Å². The lowest BCUT2D eigenvalue weighted by Crippen LogP contribution is -1.97. The Morgan fingerprint density at radius 3 is 2.44 bits per heavy atom. The Hall–Kier alpha value is -2.00. The van der Waals surface area contributed by atoms with E-state index in [-0.39, 0.29) is 0 Å². The standard InChI is InChI=1S/C22H14Cl2INO/c23-19-3-1-2-15(10-19)14-27-22-9-6-20(24)12-17(22)11-18(13-26)16-4-7-21(25)8-5-16/h1-12H,14H2/b18-11-. The smallest absolute Gasteiger partial charge is 0.127 e. The van der Waals surface area contributed by atoms with Gasteiger partial charge in [0.25, 0.3) is 0 Å². The molecule has 0 unspecified atom stereocenters. The average Bonchev–Trinajstić information content (AvgIpc) is 2.66. The first-order valence-electron chi connectivity index (χ1n) is 8.10. The van der Waals surface area contributed by atoms with Crippen molar-refractivity contribution in [2.45, 2.75) is 6.61 Å². The van der Waals surface area contributed by atoms with Crippen LogP contribution in [-0.4, -0.2) is 0 Å². The van der Waals surface area contributed by atoms with Gasteiger partial charge >= 0.3 is 0 Å². The van der Waals surface area contributed by atoms with E-state index in [0.29, 0.717) is 28.0 Å². The molecule has 0 saturated carbocycles. The van der Waals surface area contributed by atoms with Crippen LogP contribution in [0.25, 0.3) is 11.6 Å². The molecule has 0 radical (unpaired) electrons. The molecule has 0 N–H and O–H groups in total. The first-order chi connectivity index (χ1) is 13.0. The first kappa shape index (κ1) is 19.8. The van der Waals surface area contributed by atoms with Crippen LogP contribution in [0.2, 0.25) is 10.0 Å². The Bertz CT molecular complexity index is 1020. The van der Waals surface area contributed by atoms with Gasteiger partial charge in [-0.25, -0.2) is 0 Å². The van der Waals surface area contributed by atoms with Gasteiger partial charge in [-0.05, 0) is 82.3 Å². The molecule has 5 heteroatoms. The summed E-state index contributed by atoms with van der Waals surface area (Å²) in [5, 5.41) is 10.8. The highest BCUT2D eigenvalue weighted by molar-refractivity contribution is 14.1. The van der Waals surface area contributed by atoms with Gasteiger partial charge in [-0.3, -0.25) is 0 Å². The van der Waals surface area contributed by atoms with Crippen LogP contribution in [0.15, 0.2) is 66.7 Å². The van der Waals surface area contributed by atoms with Crippen LogP contribution >= 0.6 is 45.8 Å². The van der Waals surface area contributed by atoms with Crippen molar-refractivity contribution in [1.82, 2.24) is 0 Å². The number of nitriles is 1. The molecule has 0 atom stereocenters. The van der Waals surface area contributed by atoms with Crippen molar-refractivity contribution < 1.29 is 4.74 Å². The summed E-state index contributed by atoms with van der Waals surface area (Å²) in [5.74, 6) is 0.651. The molecule has 3 aromatic carbocycles. The van der Waals surface area contributed by atoms with Crippen molar-refractivity contribution in [1.29, 1.82) is 5.26 Å². The number of nitrogens with zero attached hydrogens (tertiary/aromatic N) is 1. The van der Waals surface area contributed by atoms with Gasteiger partial charge in [-0.2, -0.15) is 5.26 Å². The topological polar surface area (TPSA) is 33.0 Å². The fraction of sp³-hybridized carbons (Fsp3) is 0.0455. The Balaban J connectivity index is 1.91. The van der Waals surface area contributed by atoms with Gasteiger partial charge in [-0.15, -0.1) is 0 Å². The molecule has 0 amide bonds. The lowest BCUT2D eigenvalue weighted by molar-refractivity contribution is 0.305. The summed E-state index contributed by atoms with van der Waals surface area (Å²) < 4.78 is 7.07. The van der Waals surface area contributed by atoms with E-state index in [2.05, 4.69) is 28.7 Å². The van der Waals surface area contributed by atoms with Gasteiger partial charge in [0, 0.05) is 19.2 Å². The number of ether oxygens (including phenoxy) is 1. The molecule has 134 valence electrons. The highest BCUT2D eigenvalue weighted by atomic mass is 127. The quantitative estimate of drug-likeness (QED) is 0.208. The van der Waals surface area contributed by atoms with Crippen molar-refractivity contribution in [2.24, 2.45) is 0 Å². The Morgan fingerprint density at radius 2 is 1.74 bits per heavy atom. The predicted molar refractivity (Wildman–Crippen MR) is 120 cm³/mol. The van der Waals surface area contributed by atoms with Gasteiger partial charge in [0.1, 0.15) is 12.4 Å². The summed E-state index contributed by atoms with van der Waals surface area (Å²) in [6.07, 6.45) is 1.79. The predicted octanol–water partition coefficient (Wildman–Crippen LogP) is 7.24. The van der Waals surface area contributed by atoms with Crippen molar-refractivity contribution in [3.05, 3.63) is 97.0 Å². The zero-order valence-electron chi connectivity index (χ0n) is 14.1. The summed E-state index contributed by atoms with van der Waals surface area (Å²) in [5.41, 5.74) is 3.10. The number of benzene rings is 3. The first-order valence-corrected chi connectivity index (χ1v) is 9.93. The minimum atomic E-state index is 0.369. The van der Waals surface area contributed by atoms with Crippen molar-refractivity contribution in [2.75, 3.05) is 0 Å². The molecular weight excluding hydrogens is 492 g/mol. The zero-order chi connectivity index (χ0) is 19.2. The average molecular weight is 506 g/mol. The van der Waals surface area contributed by atoms with Crippen LogP contribution in [-0.2, 0) is 6.61 Å². The van der Waals surface area contributed by atoms with Crippen LogP contribution in [0.1, 0.15) is 16.7 Å². The van der Waals surface area contributed by atoms with Gasteiger partial charge < -0.3 is 4.74 Å². The molecule has 0 spiro atoms. The Kier molecular flexibility index (Phi) is 6.78. The highest BCUT2D eigenvalue weighted by Crippen LogP contribution is 2.28. The number of hydrogen-bond acceptors (Lipinski definition) is 2. The summed E-state index contributed by atoms with van der Waals surface area (Å²) >= 11 is 14.4. The molecule has 2 nitrogen and oxygen atoms in total. The van der Waals surface area contributed by atoms with E-state index >= 15 is 0 Å². The van der Waals surface area contributed by atoms with Crippen LogP contribution in [0.4, 0.5) is 0 Å². The highest BCUT2D eigenvalue weighted by Gasteiger charge is 2.07. The summed E-state index contributed by atoms with van der Waals surface area (Å²) in [6.45, 7) is 0.369. The minimum Gasteiger partial charge on any atom is -0.488 e. The number of rotatable bonds is 5. The Labute approximate surface area is 182 Å². The summed E-state index contributed by atoms with van der Waals surface area (Å²) in [4.78, 5) is 0. The SMILES string of the molecule is N#C/C(=C/c1cc(Cl)ccc1OCc1cccc(Cl)c1)c1ccc(I)cc1. The second-order valence-corrected chi connectivity index (χ2v) is 7.90. The zero-order valence-corrected chi connectivity index (χ0v) is 17.8. The summed E-state index contributed by atoms with van der Waals surface area (Å²) in [6, 6.07) is 22.9. The van der Waals surface area contributed by atoms with E-state index in [1.54, 1.807) is 18.2 Å². The third-order valence-electron chi connectivity index (χ3n) is 3.83. The van der Waals surface area contributed by atoms with Crippen molar-refractivity contribution in [3.8, 4) is 11.8 Å². The lowest BCUT2D eigenvalue weighted by Gasteiger charge is -2.11. The van der Waals surface area contributed by atoms with Crippen molar-refractivity contribution >= 4 is 57.4 Å². The Morgan fingerprint density at radius 1 is 1.00 bits per heavy atom. The third kappa shape index (κ3) is 5.49. The largest absolute Gasteiger partial charge is 0.488 e. The van der Waals surface area contributed by atoms with Crippen LogP contribution in [0, 0.1) is 14.9 Å². The van der Waals surface area contributed by atoms with Gasteiger partial charge in [0.15, 0.2) is 0 Å². The molecule has 0 heterocycles. The second kappa shape index (κ2) is 9.27.